The molecule has 10 nitrogen and oxygen atoms in total. The summed E-state index contributed by atoms with van der Waals surface area (Å²) in [5, 5.41) is 19.3. The SMILES string of the molecule is Cc1nn(C)c2cc(-c3noc(NCCNC(=O)c4cc(-c5ccccc5)no4)n3)ccc12. The van der Waals surface area contributed by atoms with E-state index >= 15 is 0 Å². The summed E-state index contributed by atoms with van der Waals surface area (Å²) in [5.74, 6) is 0.268. The minimum atomic E-state index is -0.350. The molecule has 0 saturated carbocycles. The molecule has 0 spiro atoms. The van der Waals surface area contributed by atoms with E-state index in [2.05, 4.69) is 31.0 Å². The van der Waals surface area contributed by atoms with Crippen molar-refractivity contribution in [3.05, 3.63) is 66.1 Å². The molecule has 1 amide bonds. The second-order valence-electron chi connectivity index (χ2n) is 7.49. The molecule has 0 fully saturated rings. The first-order chi connectivity index (χ1) is 16.1. The molecular weight excluding hydrogens is 422 g/mol. The predicted octanol–water partition coefficient (Wildman–Crippen LogP) is 3.43. The average molecular weight is 443 g/mol. The third-order valence-corrected chi connectivity index (χ3v) is 5.21. The van der Waals surface area contributed by atoms with E-state index in [1.165, 1.54) is 0 Å². The molecule has 0 bridgehead atoms. The number of benzene rings is 2. The van der Waals surface area contributed by atoms with E-state index in [9.17, 15) is 4.79 Å². The van der Waals surface area contributed by atoms with Crippen LogP contribution in [-0.2, 0) is 7.05 Å². The number of nitrogens with zero attached hydrogens (tertiary/aromatic N) is 5. The van der Waals surface area contributed by atoms with Gasteiger partial charge in [-0.3, -0.25) is 9.48 Å². The number of aromatic nitrogens is 5. The number of amides is 1. The maximum absolute atomic E-state index is 12.3. The van der Waals surface area contributed by atoms with Gasteiger partial charge in [-0.1, -0.05) is 52.8 Å². The van der Waals surface area contributed by atoms with Gasteiger partial charge in [0.05, 0.1) is 11.2 Å². The molecule has 0 atom stereocenters. The highest BCUT2D eigenvalue weighted by Crippen LogP contribution is 2.25. The summed E-state index contributed by atoms with van der Waals surface area (Å²) in [6, 6.07) is 17.3. The van der Waals surface area contributed by atoms with E-state index in [-0.39, 0.29) is 17.7 Å². The van der Waals surface area contributed by atoms with Gasteiger partial charge in [0.1, 0.15) is 5.69 Å². The molecule has 0 saturated heterocycles. The molecule has 0 aliphatic carbocycles. The van der Waals surface area contributed by atoms with Crippen LogP contribution in [0.1, 0.15) is 16.2 Å². The standard InChI is InChI=1S/C23H21N7O3/c1-14-17-9-8-16(12-19(17)30(2)27-14)21-26-23(33-29-21)25-11-10-24-22(31)20-13-18(28-32-20)15-6-4-3-5-7-15/h3-9,12-13H,10-11H2,1-2H3,(H,24,31)(H,25,26,29). The summed E-state index contributed by atoms with van der Waals surface area (Å²) in [6.07, 6.45) is 0. The number of aryl methyl sites for hydroxylation is 2. The first-order valence-electron chi connectivity index (χ1n) is 10.4. The van der Waals surface area contributed by atoms with Crippen LogP contribution in [0.2, 0.25) is 0 Å². The van der Waals surface area contributed by atoms with Crippen molar-refractivity contribution in [3.63, 3.8) is 0 Å². The van der Waals surface area contributed by atoms with Gasteiger partial charge in [0, 0.05) is 42.7 Å². The van der Waals surface area contributed by atoms with Crippen LogP contribution >= 0.6 is 0 Å². The van der Waals surface area contributed by atoms with Crippen molar-refractivity contribution >= 4 is 22.8 Å². The zero-order valence-electron chi connectivity index (χ0n) is 18.1. The Kier molecular flexibility index (Phi) is 5.31. The molecule has 166 valence electrons. The molecule has 5 aromatic rings. The molecule has 0 radical (unpaired) electrons. The normalized spacial score (nSPS) is 11.1. The van der Waals surface area contributed by atoms with Crippen LogP contribution in [0.4, 0.5) is 6.01 Å². The largest absolute Gasteiger partial charge is 0.350 e. The topological polar surface area (TPSA) is 124 Å². The highest BCUT2D eigenvalue weighted by Gasteiger charge is 2.14. The zero-order chi connectivity index (χ0) is 22.8. The number of carbonyl (C=O) groups excluding carboxylic acids is 1. The van der Waals surface area contributed by atoms with E-state index in [4.69, 9.17) is 9.05 Å². The van der Waals surface area contributed by atoms with Crippen LogP contribution in [0.25, 0.3) is 33.5 Å². The molecule has 0 aliphatic heterocycles. The molecule has 2 aromatic carbocycles. The predicted molar refractivity (Wildman–Crippen MR) is 122 cm³/mol. The van der Waals surface area contributed by atoms with Crippen LogP contribution in [0.5, 0.6) is 0 Å². The fourth-order valence-corrected chi connectivity index (χ4v) is 3.55. The van der Waals surface area contributed by atoms with E-state index in [1.54, 1.807) is 6.07 Å². The summed E-state index contributed by atoms with van der Waals surface area (Å²) in [5.41, 5.74) is 4.28. The lowest BCUT2D eigenvalue weighted by Crippen LogP contribution is -2.28. The van der Waals surface area contributed by atoms with Gasteiger partial charge in [0.2, 0.25) is 11.6 Å². The Morgan fingerprint density at radius 2 is 1.85 bits per heavy atom. The molecule has 10 heteroatoms. The Labute approximate surface area is 188 Å². The Balaban J connectivity index is 1.15. The van der Waals surface area contributed by atoms with E-state index in [0.29, 0.717) is 24.6 Å². The number of hydrogen-bond donors (Lipinski definition) is 2. The average Bonchev–Trinajstić information content (AvgIpc) is 3.57. The molecule has 0 unspecified atom stereocenters. The molecular formula is C23H21N7O3. The first-order valence-corrected chi connectivity index (χ1v) is 10.4. The van der Waals surface area contributed by atoms with Gasteiger partial charge in [-0.15, -0.1) is 0 Å². The molecule has 3 aromatic heterocycles. The number of fused-ring (bicyclic) bond motifs is 1. The van der Waals surface area contributed by atoms with Gasteiger partial charge < -0.3 is 19.7 Å². The molecule has 33 heavy (non-hydrogen) atoms. The van der Waals surface area contributed by atoms with E-state index < -0.39 is 0 Å². The lowest BCUT2D eigenvalue weighted by molar-refractivity contribution is 0.0918. The van der Waals surface area contributed by atoms with Gasteiger partial charge >= 0.3 is 6.01 Å². The Morgan fingerprint density at radius 3 is 2.70 bits per heavy atom. The van der Waals surface area contributed by atoms with Gasteiger partial charge in [0.25, 0.3) is 5.91 Å². The van der Waals surface area contributed by atoms with Crippen LogP contribution in [-0.4, -0.2) is 44.1 Å². The van der Waals surface area contributed by atoms with Crippen LogP contribution < -0.4 is 10.6 Å². The van der Waals surface area contributed by atoms with Crippen molar-refractivity contribution in [1.82, 2.24) is 30.4 Å². The molecule has 2 N–H and O–H groups in total. The second kappa shape index (κ2) is 8.58. The first kappa shape index (κ1) is 20.4. The lowest BCUT2D eigenvalue weighted by atomic mass is 10.1. The lowest BCUT2D eigenvalue weighted by Gasteiger charge is -2.02. The minimum absolute atomic E-state index is 0.148. The Hall–Kier alpha value is -4.47. The fourth-order valence-electron chi connectivity index (χ4n) is 3.55. The van der Waals surface area contributed by atoms with E-state index in [0.717, 1.165) is 27.7 Å². The van der Waals surface area contributed by atoms with Crippen molar-refractivity contribution < 1.29 is 13.8 Å². The van der Waals surface area contributed by atoms with Gasteiger partial charge in [-0.25, -0.2) is 0 Å². The van der Waals surface area contributed by atoms with Gasteiger partial charge in [-0.05, 0) is 13.0 Å². The van der Waals surface area contributed by atoms with Crippen LogP contribution in [0, 0.1) is 6.92 Å². The maximum atomic E-state index is 12.3. The molecule has 5 rings (SSSR count). The van der Waals surface area contributed by atoms with Gasteiger partial charge in [-0.2, -0.15) is 10.1 Å². The smallest absolute Gasteiger partial charge is 0.321 e. The van der Waals surface area contributed by atoms with Crippen molar-refractivity contribution in [2.75, 3.05) is 18.4 Å². The highest BCUT2D eigenvalue weighted by atomic mass is 16.5. The third-order valence-electron chi connectivity index (χ3n) is 5.21. The number of nitrogens with one attached hydrogen (secondary N) is 2. The van der Waals surface area contributed by atoms with Gasteiger partial charge in [0.15, 0.2) is 0 Å². The quantitative estimate of drug-likeness (QED) is 0.367. The monoisotopic (exact) mass is 443 g/mol. The highest BCUT2D eigenvalue weighted by molar-refractivity contribution is 5.92. The summed E-state index contributed by atoms with van der Waals surface area (Å²) in [7, 11) is 1.90. The molecule has 0 aliphatic rings. The number of hydrogen-bond acceptors (Lipinski definition) is 8. The summed E-state index contributed by atoms with van der Waals surface area (Å²) in [6.45, 7) is 2.70. The van der Waals surface area contributed by atoms with Crippen LogP contribution in [0.15, 0.2) is 63.6 Å². The number of carbonyl (C=O) groups is 1. The van der Waals surface area contributed by atoms with Crippen molar-refractivity contribution in [2.24, 2.45) is 7.05 Å². The summed E-state index contributed by atoms with van der Waals surface area (Å²) in [4.78, 5) is 16.7. The molecule has 3 heterocycles. The van der Waals surface area contributed by atoms with Crippen molar-refractivity contribution in [1.29, 1.82) is 0 Å². The number of rotatable bonds is 7. The number of anilines is 1. The van der Waals surface area contributed by atoms with E-state index in [1.807, 2.05) is 67.2 Å². The second-order valence-corrected chi connectivity index (χ2v) is 7.49. The zero-order valence-corrected chi connectivity index (χ0v) is 18.1. The van der Waals surface area contributed by atoms with Crippen molar-refractivity contribution in [2.45, 2.75) is 6.92 Å². The van der Waals surface area contributed by atoms with Crippen LogP contribution in [0.3, 0.4) is 0 Å². The summed E-state index contributed by atoms with van der Waals surface area (Å²) < 4.78 is 12.3. The summed E-state index contributed by atoms with van der Waals surface area (Å²) >= 11 is 0. The Bertz CT molecular complexity index is 1420. The van der Waals surface area contributed by atoms with Crippen molar-refractivity contribution in [3.8, 4) is 22.6 Å². The third kappa shape index (κ3) is 4.18. The minimum Gasteiger partial charge on any atom is -0.350 e. The maximum Gasteiger partial charge on any atom is 0.321 e. The fraction of sp³-hybridized carbons (Fsp3) is 0.174. The Morgan fingerprint density at radius 1 is 1.00 bits per heavy atom.